The molecule has 1 saturated heterocycles. The van der Waals surface area contributed by atoms with Gasteiger partial charge in [0.05, 0.1) is 27.4 Å². The number of nitrogens with one attached hydrogen (secondary N) is 1. The highest BCUT2D eigenvalue weighted by Crippen LogP contribution is 2.45. The molecule has 0 spiro atoms. The minimum atomic E-state index is -0.698. The van der Waals surface area contributed by atoms with Crippen LogP contribution in [0.1, 0.15) is 55.5 Å². The molecule has 1 aromatic carbocycles. The van der Waals surface area contributed by atoms with Crippen LogP contribution in [0.25, 0.3) is 11.0 Å². The van der Waals surface area contributed by atoms with E-state index in [1.807, 2.05) is 24.4 Å². The van der Waals surface area contributed by atoms with Gasteiger partial charge in [0.2, 0.25) is 0 Å². The molecule has 3 atom stereocenters. The quantitative estimate of drug-likeness (QED) is 0.462. The molecule has 3 aromatic rings. The lowest BCUT2D eigenvalue weighted by atomic mass is 9.96. The van der Waals surface area contributed by atoms with Crippen LogP contribution in [0.3, 0.4) is 0 Å². The maximum absolute atomic E-state index is 11.8. The predicted octanol–water partition coefficient (Wildman–Crippen LogP) is 5.50. The van der Waals surface area contributed by atoms with Crippen LogP contribution in [-0.4, -0.2) is 48.9 Å². The van der Waals surface area contributed by atoms with Gasteiger partial charge < -0.3 is 10.1 Å². The number of thioether (sulfide) groups is 2. The van der Waals surface area contributed by atoms with E-state index in [-0.39, 0.29) is 16.7 Å². The standard InChI is InChI=1S/C24H28N4O2S2/c1-15(28-14-5-4-10-19(28)23(29)30)31-20-12-13-25-22-16(20)7-6-11-21(22)32-24-26-17-8-2-3-9-18(17)27-24/h2-3,8-9,12-13,15,19,21H,4-7,10-11,14H2,1H3,(H,26,27)(H,29,30). The van der Waals surface area contributed by atoms with E-state index in [0.29, 0.717) is 0 Å². The molecule has 3 unspecified atom stereocenters. The highest BCUT2D eigenvalue weighted by molar-refractivity contribution is 8.00. The zero-order valence-corrected chi connectivity index (χ0v) is 19.8. The second-order valence-corrected chi connectivity index (χ2v) is 11.1. The van der Waals surface area contributed by atoms with Gasteiger partial charge in [-0.05, 0) is 62.8 Å². The number of pyridine rings is 1. The second-order valence-electron chi connectivity index (χ2n) is 8.54. The van der Waals surface area contributed by atoms with Crippen molar-refractivity contribution >= 4 is 40.5 Å². The largest absolute Gasteiger partial charge is 0.480 e. The summed E-state index contributed by atoms with van der Waals surface area (Å²) in [5, 5.41) is 11.0. The summed E-state index contributed by atoms with van der Waals surface area (Å²) in [5.41, 5.74) is 4.54. The average molecular weight is 469 g/mol. The first-order valence-corrected chi connectivity index (χ1v) is 13.1. The number of fused-ring (bicyclic) bond motifs is 2. The van der Waals surface area contributed by atoms with Crippen molar-refractivity contribution in [1.82, 2.24) is 19.9 Å². The van der Waals surface area contributed by atoms with Crippen molar-refractivity contribution in [1.29, 1.82) is 0 Å². The van der Waals surface area contributed by atoms with Crippen LogP contribution in [0.2, 0.25) is 0 Å². The molecule has 3 heterocycles. The molecular weight excluding hydrogens is 440 g/mol. The number of aromatic nitrogens is 3. The number of likely N-dealkylation sites (tertiary alicyclic amines) is 1. The summed E-state index contributed by atoms with van der Waals surface area (Å²) < 4.78 is 0. The minimum absolute atomic E-state index is 0.117. The molecule has 2 N–H and O–H groups in total. The van der Waals surface area contributed by atoms with Gasteiger partial charge in [-0.1, -0.05) is 30.3 Å². The van der Waals surface area contributed by atoms with Crippen molar-refractivity contribution in [3.05, 3.63) is 47.8 Å². The zero-order valence-electron chi connectivity index (χ0n) is 18.2. The third kappa shape index (κ3) is 4.40. The Bertz CT molecular complexity index is 1090. The fourth-order valence-electron chi connectivity index (χ4n) is 4.87. The molecule has 1 aliphatic carbocycles. The van der Waals surface area contributed by atoms with Gasteiger partial charge in [-0.3, -0.25) is 14.7 Å². The Morgan fingerprint density at radius 1 is 1.22 bits per heavy atom. The van der Waals surface area contributed by atoms with Gasteiger partial charge in [0.25, 0.3) is 0 Å². The summed E-state index contributed by atoms with van der Waals surface area (Å²) in [5.74, 6) is -0.698. The Morgan fingerprint density at radius 3 is 2.94 bits per heavy atom. The molecule has 0 amide bonds. The number of imidazole rings is 1. The molecule has 168 valence electrons. The molecule has 1 aliphatic heterocycles. The molecule has 1 fully saturated rings. The Morgan fingerprint density at radius 2 is 2.09 bits per heavy atom. The number of H-pyrrole nitrogens is 1. The monoisotopic (exact) mass is 468 g/mol. The van der Waals surface area contributed by atoms with Gasteiger partial charge in [0.15, 0.2) is 5.16 Å². The van der Waals surface area contributed by atoms with Crippen LogP contribution < -0.4 is 0 Å². The number of aromatic amines is 1. The van der Waals surface area contributed by atoms with E-state index < -0.39 is 5.97 Å². The predicted molar refractivity (Wildman–Crippen MR) is 129 cm³/mol. The number of hydrogen-bond donors (Lipinski definition) is 2. The number of aliphatic carboxylic acids is 1. The van der Waals surface area contributed by atoms with Gasteiger partial charge in [0, 0.05) is 17.6 Å². The zero-order chi connectivity index (χ0) is 22.1. The Labute approximate surface area is 196 Å². The van der Waals surface area contributed by atoms with Crippen molar-refractivity contribution in [2.24, 2.45) is 0 Å². The second kappa shape index (κ2) is 9.45. The van der Waals surface area contributed by atoms with Gasteiger partial charge in [0.1, 0.15) is 6.04 Å². The molecular formula is C24H28N4O2S2. The topological polar surface area (TPSA) is 82.1 Å². The number of para-hydroxylation sites is 2. The average Bonchev–Trinajstić information content (AvgIpc) is 3.22. The first-order valence-electron chi connectivity index (χ1n) is 11.3. The van der Waals surface area contributed by atoms with Gasteiger partial charge in [-0.2, -0.15) is 0 Å². The lowest BCUT2D eigenvalue weighted by molar-refractivity contribution is -0.144. The number of piperidine rings is 1. The first kappa shape index (κ1) is 21.8. The molecule has 32 heavy (non-hydrogen) atoms. The van der Waals surface area contributed by atoms with Gasteiger partial charge in [-0.15, -0.1) is 11.8 Å². The van der Waals surface area contributed by atoms with Crippen molar-refractivity contribution in [3.63, 3.8) is 0 Å². The van der Waals surface area contributed by atoms with Gasteiger partial charge in [-0.25, -0.2) is 4.98 Å². The van der Waals surface area contributed by atoms with E-state index in [1.165, 1.54) is 10.5 Å². The molecule has 2 aromatic heterocycles. The summed E-state index contributed by atoms with van der Waals surface area (Å²) in [4.78, 5) is 28.1. The Hall–Kier alpha value is -2.03. The van der Waals surface area contributed by atoms with E-state index in [4.69, 9.17) is 9.97 Å². The normalized spacial score (nSPS) is 22.5. The molecule has 0 saturated carbocycles. The van der Waals surface area contributed by atoms with Crippen LogP contribution in [0.4, 0.5) is 0 Å². The fourth-order valence-corrected chi connectivity index (χ4v) is 7.30. The molecule has 8 heteroatoms. The smallest absolute Gasteiger partial charge is 0.320 e. The molecule has 0 radical (unpaired) electrons. The fraction of sp³-hybridized carbons (Fsp3) is 0.458. The summed E-state index contributed by atoms with van der Waals surface area (Å²) >= 11 is 3.55. The molecule has 5 rings (SSSR count). The van der Waals surface area contributed by atoms with E-state index in [1.54, 1.807) is 23.5 Å². The highest BCUT2D eigenvalue weighted by Gasteiger charge is 2.33. The van der Waals surface area contributed by atoms with Crippen molar-refractivity contribution in [2.75, 3.05) is 6.54 Å². The molecule has 0 bridgehead atoms. The van der Waals surface area contributed by atoms with E-state index in [9.17, 15) is 9.90 Å². The third-order valence-corrected chi connectivity index (χ3v) is 8.87. The van der Waals surface area contributed by atoms with E-state index >= 15 is 0 Å². The summed E-state index contributed by atoms with van der Waals surface area (Å²) in [6, 6.07) is 9.85. The highest BCUT2D eigenvalue weighted by atomic mass is 32.2. The van der Waals surface area contributed by atoms with Crippen LogP contribution in [0.5, 0.6) is 0 Å². The number of rotatable bonds is 6. The maximum Gasteiger partial charge on any atom is 0.320 e. The van der Waals surface area contributed by atoms with E-state index in [0.717, 1.165) is 67.0 Å². The summed E-state index contributed by atoms with van der Waals surface area (Å²) in [7, 11) is 0. The number of benzene rings is 1. The van der Waals surface area contributed by atoms with Crippen molar-refractivity contribution in [3.8, 4) is 0 Å². The first-order chi connectivity index (χ1) is 15.6. The van der Waals surface area contributed by atoms with Crippen LogP contribution in [0, 0.1) is 0 Å². The number of hydrogen-bond acceptors (Lipinski definition) is 6. The number of nitrogens with zero attached hydrogens (tertiary/aromatic N) is 3. The van der Waals surface area contributed by atoms with E-state index in [2.05, 4.69) is 28.9 Å². The molecule has 6 nitrogen and oxygen atoms in total. The lowest BCUT2D eigenvalue weighted by Gasteiger charge is -2.37. The summed E-state index contributed by atoms with van der Waals surface area (Å²) in [6.07, 6.45) is 7.95. The minimum Gasteiger partial charge on any atom is -0.480 e. The third-order valence-electron chi connectivity index (χ3n) is 6.46. The Balaban J connectivity index is 1.36. The Kier molecular flexibility index (Phi) is 6.44. The molecule has 2 aliphatic rings. The van der Waals surface area contributed by atoms with Gasteiger partial charge >= 0.3 is 5.97 Å². The summed E-state index contributed by atoms with van der Waals surface area (Å²) in [6.45, 7) is 2.99. The van der Waals surface area contributed by atoms with Crippen LogP contribution in [0.15, 0.2) is 46.6 Å². The SMILES string of the molecule is CC(Sc1ccnc2c1CCCC2Sc1nc2ccccc2[nH]1)N1CCCCC1C(=O)O. The van der Waals surface area contributed by atoms with Crippen LogP contribution >= 0.6 is 23.5 Å². The lowest BCUT2D eigenvalue weighted by Crippen LogP contribution is -2.48. The van der Waals surface area contributed by atoms with Crippen LogP contribution in [-0.2, 0) is 11.2 Å². The van der Waals surface area contributed by atoms with Crippen molar-refractivity contribution < 1.29 is 9.90 Å². The number of carboxylic acid groups (broad SMARTS) is 1. The maximum atomic E-state index is 11.8. The number of carbonyl (C=O) groups is 1. The number of carboxylic acids is 1. The van der Waals surface area contributed by atoms with Crippen molar-refractivity contribution in [2.45, 2.75) is 72.2 Å².